The highest BCUT2D eigenvalue weighted by Gasteiger charge is 2.31. The van der Waals surface area contributed by atoms with Gasteiger partial charge in [0.2, 0.25) is 5.91 Å². The van der Waals surface area contributed by atoms with Gasteiger partial charge < -0.3 is 5.32 Å². The quantitative estimate of drug-likeness (QED) is 0.840. The van der Waals surface area contributed by atoms with E-state index in [4.69, 9.17) is 0 Å². The molecule has 1 aromatic heterocycles. The fourth-order valence-corrected chi connectivity index (χ4v) is 3.54. The van der Waals surface area contributed by atoms with E-state index < -0.39 is 0 Å². The Morgan fingerprint density at radius 2 is 1.90 bits per heavy atom. The SMILES string of the molecule is CC(C)(C)C(=O)Nc1nc2c(s1)CC(C(C)(C)C)CC2. The summed E-state index contributed by atoms with van der Waals surface area (Å²) in [5.41, 5.74) is 1.16. The monoisotopic (exact) mass is 294 g/mol. The van der Waals surface area contributed by atoms with Gasteiger partial charge in [-0.2, -0.15) is 0 Å². The number of anilines is 1. The van der Waals surface area contributed by atoms with Crippen molar-refractivity contribution >= 4 is 22.4 Å². The molecule has 1 unspecified atom stereocenters. The molecule has 0 aliphatic heterocycles. The fourth-order valence-electron chi connectivity index (χ4n) is 2.45. The van der Waals surface area contributed by atoms with E-state index in [1.165, 1.54) is 17.0 Å². The summed E-state index contributed by atoms with van der Waals surface area (Å²) in [7, 11) is 0. The molecule has 2 rings (SSSR count). The van der Waals surface area contributed by atoms with E-state index in [-0.39, 0.29) is 11.3 Å². The molecule has 0 radical (unpaired) electrons. The topological polar surface area (TPSA) is 42.0 Å². The van der Waals surface area contributed by atoms with Gasteiger partial charge in [-0.1, -0.05) is 41.5 Å². The van der Waals surface area contributed by atoms with Crippen molar-refractivity contribution in [3.05, 3.63) is 10.6 Å². The molecule has 0 aromatic carbocycles. The molecule has 1 aliphatic carbocycles. The van der Waals surface area contributed by atoms with Gasteiger partial charge in [0, 0.05) is 10.3 Å². The van der Waals surface area contributed by atoms with Gasteiger partial charge in [-0.15, -0.1) is 11.3 Å². The Labute approximate surface area is 126 Å². The Morgan fingerprint density at radius 1 is 1.25 bits per heavy atom. The zero-order chi connectivity index (χ0) is 15.1. The predicted octanol–water partition coefficient (Wildman–Crippen LogP) is 4.28. The van der Waals surface area contributed by atoms with Crippen LogP contribution in [0, 0.1) is 16.7 Å². The second kappa shape index (κ2) is 5.14. The van der Waals surface area contributed by atoms with Crippen molar-refractivity contribution in [2.45, 2.75) is 60.8 Å². The lowest BCUT2D eigenvalue weighted by Gasteiger charge is -2.33. The Kier molecular flexibility index (Phi) is 3.98. The summed E-state index contributed by atoms with van der Waals surface area (Å²) < 4.78 is 0. The van der Waals surface area contributed by atoms with Gasteiger partial charge in [0.05, 0.1) is 5.69 Å². The third-order valence-electron chi connectivity index (χ3n) is 4.07. The standard InChI is InChI=1S/C16H26N2OS/c1-15(2,3)10-7-8-11-12(9-10)20-14(17-11)18-13(19)16(4,5)6/h10H,7-9H2,1-6H3,(H,17,18,19). The van der Waals surface area contributed by atoms with Gasteiger partial charge in [-0.25, -0.2) is 4.98 Å². The molecule has 0 spiro atoms. The minimum atomic E-state index is -0.375. The van der Waals surface area contributed by atoms with Crippen LogP contribution in [0.1, 0.15) is 58.5 Å². The van der Waals surface area contributed by atoms with E-state index in [9.17, 15) is 4.79 Å². The summed E-state index contributed by atoms with van der Waals surface area (Å²) in [4.78, 5) is 18.0. The molecule has 0 bridgehead atoms. The predicted molar refractivity (Wildman–Crippen MR) is 85.2 cm³/mol. The van der Waals surface area contributed by atoms with E-state index in [1.807, 2.05) is 20.8 Å². The van der Waals surface area contributed by atoms with E-state index in [2.05, 4.69) is 31.1 Å². The summed E-state index contributed by atoms with van der Waals surface area (Å²) in [6, 6.07) is 0. The lowest BCUT2D eigenvalue weighted by Crippen LogP contribution is -2.27. The third kappa shape index (κ3) is 3.40. The number of aryl methyl sites for hydroxylation is 1. The molecule has 0 saturated carbocycles. The van der Waals surface area contributed by atoms with Crippen molar-refractivity contribution in [2.75, 3.05) is 5.32 Å². The number of hydrogen-bond acceptors (Lipinski definition) is 3. The van der Waals surface area contributed by atoms with Gasteiger partial charge in [-0.05, 0) is 30.6 Å². The second-order valence-electron chi connectivity index (χ2n) is 7.90. The molecule has 4 heteroatoms. The fraction of sp³-hybridized carbons (Fsp3) is 0.750. The molecule has 0 fully saturated rings. The minimum Gasteiger partial charge on any atom is -0.302 e. The van der Waals surface area contributed by atoms with Gasteiger partial charge >= 0.3 is 0 Å². The first kappa shape index (κ1) is 15.5. The number of amides is 1. The third-order valence-corrected chi connectivity index (χ3v) is 5.10. The molecule has 20 heavy (non-hydrogen) atoms. The van der Waals surface area contributed by atoms with Crippen LogP contribution in [0.2, 0.25) is 0 Å². The summed E-state index contributed by atoms with van der Waals surface area (Å²) >= 11 is 1.66. The summed E-state index contributed by atoms with van der Waals surface area (Å²) in [6.45, 7) is 12.7. The molecule has 1 N–H and O–H groups in total. The number of carbonyl (C=O) groups is 1. The van der Waals surface area contributed by atoms with Crippen LogP contribution in [0.15, 0.2) is 0 Å². The maximum Gasteiger partial charge on any atom is 0.231 e. The average Bonchev–Trinajstić information content (AvgIpc) is 2.67. The number of carbonyl (C=O) groups excluding carboxylic acids is 1. The minimum absolute atomic E-state index is 0.0379. The molecule has 1 aliphatic rings. The lowest BCUT2D eigenvalue weighted by molar-refractivity contribution is -0.123. The van der Waals surface area contributed by atoms with Crippen LogP contribution < -0.4 is 5.32 Å². The van der Waals surface area contributed by atoms with E-state index in [1.54, 1.807) is 11.3 Å². The van der Waals surface area contributed by atoms with Crippen LogP contribution in [-0.2, 0) is 17.6 Å². The van der Waals surface area contributed by atoms with Gasteiger partial charge in [0.25, 0.3) is 0 Å². The number of nitrogens with one attached hydrogen (secondary N) is 1. The molecule has 112 valence electrons. The molecule has 0 saturated heterocycles. The largest absolute Gasteiger partial charge is 0.302 e. The number of fused-ring (bicyclic) bond motifs is 1. The normalized spacial score (nSPS) is 19.6. The zero-order valence-electron chi connectivity index (χ0n) is 13.5. The second-order valence-corrected chi connectivity index (χ2v) is 8.98. The van der Waals surface area contributed by atoms with Crippen molar-refractivity contribution < 1.29 is 4.79 Å². The van der Waals surface area contributed by atoms with Crippen LogP contribution >= 0.6 is 11.3 Å². The number of thiazole rings is 1. The maximum atomic E-state index is 12.0. The summed E-state index contributed by atoms with van der Waals surface area (Å²) in [5, 5.41) is 3.73. The van der Waals surface area contributed by atoms with Crippen molar-refractivity contribution in [1.29, 1.82) is 0 Å². The highest BCUT2D eigenvalue weighted by molar-refractivity contribution is 7.15. The Balaban J connectivity index is 2.12. The highest BCUT2D eigenvalue weighted by atomic mass is 32.1. The first-order chi connectivity index (χ1) is 9.07. The summed E-state index contributed by atoms with van der Waals surface area (Å²) in [6.07, 6.45) is 3.34. The van der Waals surface area contributed by atoms with E-state index >= 15 is 0 Å². The molecule has 1 heterocycles. The lowest BCUT2D eigenvalue weighted by atomic mass is 9.73. The number of hydrogen-bond donors (Lipinski definition) is 1. The van der Waals surface area contributed by atoms with Crippen molar-refractivity contribution in [1.82, 2.24) is 4.98 Å². The zero-order valence-corrected chi connectivity index (χ0v) is 14.3. The first-order valence-corrected chi connectivity index (χ1v) is 8.19. The van der Waals surface area contributed by atoms with Crippen LogP contribution in [0.5, 0.6) is 0 Å². The smallest absolute Gasteiger partial charge is 0.231 e. The van der Waals surface area contributed by atoms with Crippen molar-refractivity contribution in [2.24, 2.45) is 16.7 Å². The molecule has 1 atom stereocenters. The maximum absolute atomic E-state index is 12.0. The number of nitrogens with zero attached hydrogens (tertiary/aromatic N) is 1. The molecular formula is C16H26N2OS. The van der Waals surface area contributed by atoms with Crippen molar-refractivity contribution in [3.8, 4) is 0 Å². The molecule has 1 amide bonds. The number of aromatic nitrogens is 1. The summed E-state index contributed by atoms with van der Waals surface area (Å²) in [5.74, 6) is 0.748. The first-order valence-electron chi connectivity index (χ1n) is 7.37. The van der Waals surface area contributed by atoms with Crippen molar-refractivity contribution in [3.63, 3.8) is 0 Å². The average molecular weight is 294 g/mol. The molecule has 3 nitrogen and oxygen atoms in total. The van der Waals surface area contributed by atoms with Crippen LogP contribution in [-0.4, -0.2) is 10.9 Å². The highest BCUT2D eigenvalue weighted by Crippen LogP contribution is 2.40. The van der Waals surface area contributed by atoms with E-state index in [0.29, 0.717) is 11.3 Å². The van der Waals surface area contributed by atoms with Crippen LogP contribution in [0.25, 0.3) is 0 Å². The van der Waals surface area contributed by atoms with Crippen LogP contribution in [0.3, 0.4) is 0 Å². The van der Waals surface area contributed by atoms with Gasteiger partial charge in [0.1, 0.15) is 0 Å². The number of rotatable bonds is 1. The van der Waals surface area contributed by atoms with E-state index in [0.717, 1.165) is 18.0 Å². The Morgan fingerprint density at radius 3 is 2.45 bits per heavy atom. The Bertz CT molecular complexity index is 506. The van der Waals surface area contributed by atoms with Gasteiger partial charge in [-0.3, -0.25) is 4.79 Å². The Hall–Kier alpha value is -0.900. The van der Waals surface area contributed by atoms with Gasteiger partial charge in [0.15, 0.2) is 5.13 Å². The molecule has 1 aromatic rings. The van der Waals surface area contributed by atoms with Crippen LogP contribution in [0.4, 0.5) is 5.13 Å². The molecular weight excluding hydrogens is 268 g/mol.